The number of hydrogen-bond donors (Lipinski definition) is 0. The Bertz CT molecular complexity index is 396. The SMILES string of the molecule is COc1ccc(OC(C)=O)c(CC2CO2)c1. The molecule has 0 aliphatic carbocycles. The fourth-order valence-electron chi connectivity index (χ4n) is 1.53. The lowest BCUT2D eigenvalue weighted by molar-refractivity contribution is -0.131. The molecule has 0 radical (unpaired) electrons. The lowest BCUT2D eigenvalue weighted by Crippen LogP contribution is -2.05. The standard InChI is InChI=1S/C12H14O4/c1-8(13)16-12-4-3-10(14-2)5-9(12)6-11-7-15-11/h3-5,11H,6-7H2,1-2H3. The summed E-state index contributed by atoms with van der Waals surface area (Å²) in [5.74, 6) is 1.03. The predicted molar refractivity (Wildman–Crippen MR) is 57.7 cm³/mol. The van der Waals surface area contributed by atoms with Crippen molar-refractivity contribution >= 4 is 5.97 Å². The quantitative estimate of drug-likeness (QED) is 0.440. The lowest BCUT2D eigenvalue weighted by Gasteiger charge is -2.09. The lowest BCUT2D eigenvalue weighted by atomic mass is 10.1. The predicted octanol–water partition coefficient (Wildman–Crippen LogP) is 1.56. The molecule has 1 heterocycles. The van der Waals surface area contributed by atoms with Gasteiger partial charge in [-0.1, -0.05) is 0 Å². The number of benzene rings is 1. The molecular weight excluding hydrogens is 208 g/mol. The fourth-order valence-corrected chi connectivity index (χ4v) is 1.53. The molecule has 1 unspecified atom stereocenters. The van der Waals surface area contributed by atoms with Crippen LogP contribution in [0.1, 0.15) is 12.5 Å². The summed E-state index contributed by atoms with van der Waals surface area (Å²) < 4.78 is 15.4. The van der Waals surface area contributed by atoms with E-state index in [0.717, 1.165) is 24.3 Å². The molecule has 0 bridgehead atoms. The Morgan fingerprint density at radius 1 is 1.56 bits per heavy atom. The van der Waals surface area contributed by atoms with Crippen molar-refractivity contribution in [1.82, 2.24) is 0 Å². The summed E-state index contributed by atoms with van der Waals surface area (Å²) in [6, 6.07) is 5.40. The van der Waals surface area contributed by atoms with Gasteiger partial charge in [-0.2, -0.15) is 0 Å². The van der Waals surface area contributed by atoms with Crippen LogP contribution in [0.4, 0.5) is 0 Å². The molecular formula is C12H14O4. The van der Waals surface area contributed by atoms with Gasteiger partial charge in [0, 0.05) is 18.9 Å². The normalized spacial score (nSPS) is 18.0. The minimum atomic E-state index is -0.317. The van der Waals surface area contributed by atoms with Gasteiger partial charge in [-0.3, -0.25) is 4.79 Å². The molecule has 1 atom stereocenters. The maximum Gasteiger partial charge on any atom is 0.308 e. The van der Waals surface area contributed by atoms with Crippen LogP contribution in [0.5, 0.6) is 11.5 Å². The molecule has 1 aromatic carbocycles. The van der Waals surface area contributed by atoms with E-state index in [2.05, 4.69) is 0 Å². The zero-order valence-corrected chi connectivity index (χ0v) is 9.36. The first-order valence-electron chi connectivity index (χ1n) is 5.16. The molecule has 0 spiro atoms. The van der Waals surface area contributed by atoms with Crippen LogP contribution in [-0.4, -0.2) is 25.8 Å². The first kappa shape index (κ1) is 11.0. The van der Waals surface area contributed by atoms with Crippen molar-refractivity contribution in [2.75, 3.05) is 13.7 Å². The summed E-state index contributed by atoms with van der Waals surface area (Å²) in [5.41, 5.74) is 0.942. The molecule has 0 aromatic heterocycles. The third-order valence-electron chi connectivity index (χ3n) is 2.37. The second kappa shape index (κ2) is 4.53. The number of carbonyl (C=O) groups excluding carboxylic acids is 1. The summed E-state index contributed by atoms with van der Waals surface area (Å²) in [5, 5.41) is 0. The van der Waals surface area contributed by atoms with Crippen molar-refractivity contribution in [2.24, 2.45) is 0 Å². The van der Waals surface area contributed by atoms with Gasteiger partial charge in [-0.25, -0.2) is 0 Å². The highest BCUT2D eigenvalue weighted by Gasteiger charge is 2.24. The number of methoxy groups -OCH3 is 1. The van der Waals surface area contributed by atoms with E-state index < -0.39 is 0 Å². The molecule has 86 valence electrons. The third kappa shape index (κ3) is 2.73. The van der Waals surface area contributed by atoms with Crippen LogP contribution >= 0.6 is 0 Å². The smallest absolute Gasteiger partial charge is 0.308 e. The van der Waals surface area contributed by atoms with Crippen LogP contribution in [-0.2, 0) is 16.0 Å². The van der Waals surface area contributed by atoms with Crippen LogP contribution in [0.2, 0.25) is 0 Å². The Kier molecular flexibility index (Phi) is 3.10. The summed E-state index contributed by atoms with van der Waals surface area (Å²) in [7, 11) is 1.61. The molecule has 16 heavy (non-hydrogen) atoms. The highest BCUT2D eigenvalue weighted by Crippen LogP contribution is 2.28. The minimum absolute atomic E-state index is 0.251. The van der Waals surface area contributed by atoms with Crippen LogP contribution in [0.25, 0.3) is 0 Å². The van der Waals surface area contributed by atoms with E-state index in [9.17, 15) is 4.79 Å². The van der Waals surface area contributed by atoms with Crippen molar-refractivity contribution in [1.29, 1.82) is 0 Å². The zero-order valence-electron chi connectivity index (χ0n) is 9.36. The van der Waals surface area contributed by atoms with E-state index in [1.807, 2.05) is 6.07 Å². The summed E-state index contributed by atoms with van der Waals surface area (Å²) >= 11 is 0. The number of carbonyl (C=O) groups is 1. The molecule has 1 aliphatic rings. The van der Waals surface area contributed by atoms with E-state index >= 15 is 0 Å². The molecule has 1 saturated heterocycles. The zero-order chi connectivity index (χ0) is 11.5. The van der Waals surface area contributed by atoms with Gasteiger partial charge in [0.2, 0.25) is 0 Å². The number of esters is 1. The van der Waals surface area contributed by atoms with Crippen LogP contribution in [0, 0.1) is 0 Å². The second-order valence-corrected chi connectivity index (χ2v) is 3.73. The first-order valence-corrected chi connectivity index (χ1v) is 5.16. The summed E-state index contributed by atoms with van der Waals surface area (Å²) in [6.07, 6.45) is 1.00. The maximum atomic E-state index is 10.9. The van der Waals surface area contributed by atoms with Crippen LogP contribution in [0.3, 0.4) is 0 Å². The molecule has 4 heteroatoms. The molecule has 2 rings (SSSR count). The molecule has 1 fully saturated rings. The van der Waals surface area contributed by atoms with Crippen molar-refractivity contribution in [3.8, 4) is 11.5 Å². The van der Waals surface area contributed by atoms with Gasteiger partial charge in [-0.15, -0.1) is 0 Å². The molecule has 4 nitrogen and oxygen atoms in total. The average molecular weight is 222 g/mol. The fraction of sp³-hybridized carbons (Fsp3) is 0.417. The molecule has 0 amide bonds. The van der Waals surface area contributed by atoms with Gasteiger partial charge in [0.1, 0.15) is 11.5 Å². The van der Waals surface area contributed by atoms with E-state index in [0.29, 0.717) is 5.75 Å². The van der Waals surface area contributed by atoms with Crippen LogP contribution in [0.15, 0.2) is 18.2 Å². The minimum Gasteiger partial charge on any atom is -0.497 e. The molecule has 0 saturated carbocycles. The van der Waals surface area contributed by atoms with Gasteiger partial charge < -0.3 is 14.2 Å². The van der Waals surface area contributed by atoms with E-state index in [4.69, 9.17) is 14.2 Å². The van der Waals surface area contributed by atoms with E-state index in [1.165, 1.54) is 6.92 Å². The Balaban J connectivity index is 2.22. The third-order valence-corrected chi connectivity index (χ3v) is 2.37. The Labute approximate surface area is 94.1 Å². The first-order chi connectivity index (χ1) is 7.69. The second-order valence-electron chi connectivity index (χ2n) is 3.73. The highest BCUT2D eigenvalue weighted by atomic mass is 16.6. The molecule has 0 N–H and O–H groups in total. The monoisotopic (exact) mass is 222 g/mol. The topological polar surface area (TPSA) is 48.1 Å². The highest BCUT2D eigenvalue weighted by molar-refractivity contribution is 5.70. The Morgan fingerprint density at radius 3 is 2.88 bits per heavy atom. The van der Waals surface area contributed by atoms with Gasteiger partial charge in [0.25, 0.3) is 0 Å². The summed E-state index contributed by atoms with van der Waals surface area (Å²) in [6.45, 7) is 2.17. The molecule has 1 aliphatic heterocycles. The van der Waals surface area contributed by atoms with E-state index in [1.54, 1.807) is 19.2 Å². The Morgan fingerprint density at radius 2 is 2.31 bits per heavy atom. The number of hydrogen-bond acceptors (Lipinski definition) is 4. The largest absolute Gasteiger partial charge is 0.497 e. The maximum absolute atomic E-state index is 10.9. The average Bonchev–Trinajstić information content (AvgIpc) is 3.04. The van der Waals surface area contributed by atoms with Crippen molar-refractivity contribution in [2.45, 2.75) is 19.4 Å². The van der Waals surface area contributed by atoms with Crippen molar-refractivity contribution < 1.29 is 19.0 Å². The van der Waals surface area contributed by atoms with Gasteiger partial charge >= 0.3 is 5.97 Å². The number of rotatable bonds is 4. The number of ether oxygens (including phenoxy) is 3. The van der Waals surface area contributed by atoms with Crippen LogP contribution < -0.4 is 9.47 Å². The van der Waals surface area contributed by atoms with Gasteiger partial charge in [0.15, 0.2) is 0 Å². The Hall–Kier alpha value is -1.55. The van der Waals surface area contributed by atoms with Gasteiger partial charge in [-0.05, 0) is 18.2 Å². The van der Waals surface area contributed by atoms with E-state index in [-0.39, 0.29) is 12.1 Å². The summed E-state index contributed by atoms with van der Waals surface area (Å²) in [4.78, 5) is 10.9. The van der Waals surface area contributed by atoms with Crippen molar-refractivity contribution in [3.63, 3.8) is 0 Å². The number of epoxide rings is 1. The van der Waals surface area contributed by atoms with Crippen molar-refractivity contribution in [3.05, 3.63) is 23.8 Å². The van der Waals surface area contributed by atoms with Gasteiger partial charge in [0.05, 0.1) is 19.8 Å². The molecule has 1 aromatic rings.